The molecule has 0 radical (unpaired) electrons. The summed E-state index contributed by atoms with van der Waals surface area (Å²) in [6.07, 6.45) is 5.35. The Kier molecular flexibility index (Phi) is 3.29. The van der Waals surface area contributed by atoms with Crippen molar-refractivity contribution in [2.45, 2.75) is 32.1 Å². The van der Waals surface area contributed by atoms with E-state index in [0.717, 1.165) is 72.3 Å². The fourth-order valence-corrected chi connectivity index (χ4v) is 3.52. The Bertz CT molecular complexity index is 459. The van der Waals surface area contributed by atoms with E-state index in [2.05, 4.69) is 15.9 Å². The number of benzene rings is 1. The van der Waals surface area contributed by atoms with Crippen LogP contribution in [0.3, 0.4) is 0 Å². The minimum Gasteiger partial charge on any atom is -0.493 e. The van der Waals surface area contributed by atoms with Gasteiger partial charge in [0.1, 0.15) is 17.8 Å². The maximum atomic E-state index is 10.9. The van der Waals surface area contributed by atoms with Gasteiger partial charge in [0, 0.05) is 23.1 Å². The minimum absolute atomic E-state index is 0.418. The van der Waals surface area contributed by atoms with Crippen LogP contribution in [0.1, 0.15) is 29.5 Å². The Morgan fingerprint density at radius 1 is 1.06 bits per heavy atom. The minimum atomic E-state index is 0.418. The molecule has 0 aliphatic carbocycles. The summed E-state index contributed by atoms with van der Waals surface area (Å²) in [5, 5.41) is 0. The lowest BCUT2D eigenvalue weighted by atomic mass is 9.92. The van der Waals surface area contributed by atoms with E-state index < -0.39 is 0 Å². The Hall–Kier alpha value is -1.03. The van der Waals surface area contributed by atoms with Gasteiger partial charge in [-0.3, -0.25) is 0 Å². The van der Waals surface area contributed by atoms with Crippen LogP contribution in [-0.2, 0) is 24.1 Å². The highest BCUT2D eigenvalue weighted by Gasteiger charge is 2.27. The summed E-state index contributed by atoms with van der Waals surface area (Å²) in [5.41, 5.74) is 3.36. The summed E-state index contributed by atoms with van der Waals surface area (Å²) in [7, 11) is 0. The summed E-state index contributed by atoms with van der Waals surface area (Å²) in [6.45, 7) is 1.50. The van der Waals surface area contributed by atoms with Crippen molar-refractivity contribution >= 4 is 22.2 Å². The van der Waals surface area contributed by atoms with Crippen molar-refractivity contribution in [1.29, 1.82) is 0 Å². The maximum Gasteiger partial charge on any atom is 0.137 e. The van der Waals surface area contributed by atoms with Crippen molar-refractivity contribution in [3.8, 4) is 11.5 Å². The second-order valence-corrected chi connectivity index (χ2v) is 5.48. The van der Waals surface area contributed by atoms with Crippen LogP contribution in [0.25, 0.3) is 0 Å². The van der Waals surface area contributed by atoms with Crippen LogP contribution >= 0.6 is 15.9 Å². The van der Waals surface area contributed by atoms with E-state index in [4.69, 9.17) is 9.47 Å². The van der Waals surface area contributed by atoms with E-state index in [1.54, 1.807) is 0 Å². The normalized spacial score (nSPS) is 17.2. The number of hydrogen-bond donors (Lipinski definition) is 0. The number of rotatable bonds is 2. The van der Waals surface area contributed by atoms with Crippen molar-refractivity contribution in [2.24, 2.45) is 0 Å². The number of ether oxygens (including phenoxy) is 2. The van der Waals surface area contributed by atoms with Crippen molar-refractivity contribution in [3.63, 3.8) is 0 Å². The van der Waals surface area contributed by atoms with Gasteiger partial charge in [0.25, 0.3) is 0 Å². The van der Waals surface area contributed by atoms with Gasteiger partial charge in [-0.25, -0.2) is 0 Å². The highest BCUT2D eigenvalue weighted by molar-refractivity contribution is 9.10. The second kappa shape index (κ2) is 4.92. The maximum absolute atomic E-state index is 10.9. The molecule has 18 heavy (non-hydrogen) atoms. The van der Waals surface area contributed by atoms with Gasteiger partial charge < -0.3 is 14.3 Å². The first-order valence-electron chi connectivity index (χ1n) is 6.38. The molecule has 0 saturated heterocycles. The van der Waals surface area contributed by atoms with Gasteiger partial charge in [-0.15, -0.1) is 0 Å². The molecule has 2 heterocycles. The first-order chi connectivity index (χ1) is 8.83. The molecule has 3 nitrogen and oxygen atoms in total. The van der Waals surface area contributed by atoms with E-state index >= 15 is 0 Å². The van der Waals surface area contributed by atoms with Crippen molar-refractivity contribution in [2.75, 3.05) is 13.2 Å². The van der Waals surface area contributed by atoms with Crippen LogP contribution in [0.4, 0.5) is 0 Å². The lowest BCUT2D eigenvalue weighted by molar-refractivity contribution is -0.107. The monoisotopic (exact) mass is 310 g/mol. The molecule has 0 bridgehead atoms. The third-order valence-corrected chi connectivity index (χ3v) is 4.41. The number of aldehydes is 1. The number of fused-ring (bicyclic) bond motifs is 2. The van der Waals surface area contributed by atoms with Gasteiger partial charge in [-0.2, -0.15) is 0 Å². The molecule has 0 N–H and O–H groups in total. The number of carbonyl (C=O) groups excluding carboxylic acids is 1. The first-order valence-corrected chi connectivity index (χ1v) is 7.17. The molecule has 96 valence electrons. The Morgan fingerprint density at radius 2 is 1.72 bits per heavy atom. The Labute approximate surface area is 115 Å². The Balaban J connectivity index is 2.23. The van der Waals surface area contributed by atoms with Gasteiger partial charge in [-0.1, -0.05) is 0 Å². The van der Waals surface area contributed by atoms with Crippen LogP contribution in [-0.4, -0.2) is 19.5 Å². The predicted molar refractivity (Wildman–Crippen MR) is 71.5 cm³/mol. The van der Waals surface area contributed by atoms with Crippen LogP contribution < -0.4 is 9.47 Å². The molecule has 0 aromatic heterocycles. The van der Waals surface area contributed by atoms with Crippen LogP contribution in [0, 0.1) is 0 Å². The molecule has 0 spiro atoms. The summed E-state index contributed by atoms with van der Waals surface area (Å²) < 4.78 is 12.6. The molecule has 0 unspecified atom stereocenters. The Morgan fingerprint density at radius 3 is 2.44 bits per heavy atom. The molecule has 0 atom stereocenters. The lowest BCUT2D eigenvalue weighted by Gasteiger charge is -2.28. The van der Waals surface area contributed by atoms with Crippen LogP contribution in [0.5, 0.6) is 11.5 Å². The first kappa shape index (κ1) is 12.0. The zero-order valence-corrected chi connectivity index (χ0v) is 11.7. The summed E-state index contributed by atoms with van der Waals surface area (Å²) >= 11 is 3.64. The molecule has 2 aliphatic rings. The van der Waals surface area contributed by atoms with Crippen LogP contribution in [0.2, 0.25) is 0 Å². The molecular formula is C14H15BrO3. The second-order valence-electron chi connectivity index (χ2n) is 4.68. The molecule has 0 fully saturated rings. The largest absolute Gasteiger partial charge is 0.493 e. The van der Waals surface area contributed by atoms with E-state index in [9.17, 15) is 4.79 Å². The van der Waals surface area contributed by atoms with Crippen molar-refractivity contribution in [3.05, 3.63) is 21.2 Å². The third-order valence-electron chi connectivity index (χ3n) is 3.57. The van der Waals surface area contributed by atoms with E-state index in [1.165, 1.54) is 5.56 Å². The fraction of sp³-hybridized carbons (Fsp3) is 0.500. The topological polar surface area (TPSA) is 35.5 Å². The summed E-state index contributed by atoms with van der Waals surface area (Å²) in [6, 6.07) is 0. The SMILES string of the molecule is O=CCc1c2c(c(Br)c3c1OCCC3)OCCC2. The number of hydrogen-bond acceptors (Lipinski definition) is 3. The third kappa shape index (κ3) is 1.83. The van der Waals surface area contributed by atoms with Gasteiger partial charge in [0.2, 0.25) is 0 Å². The van der Waals surface area contributed by atoms with Gasteiger partial charge in [0.15, 0.2) is 0 Å². The molecular weight excluding hydrogens is 296 g/mol. The lowest BCUT2D eigenvalue weighted by Crippen LogP contribution is -2.18. The number of halogens is 1. The zero-order chi connectivity index (χ0) is 12.5. The van der Waals surface area contributed by atoms with Crippen LogP contribution in [0.15, 0.2) is 4.47 Å². The highest BCUT2D eigenvalue weighted by Crippen LogP contribution is 2.46. The smallest absolute Gasteiger partial charge is 0.137 e. The molecule has 0 saturated carbocycles. The summed E-state index contributed by atoms with van der Waals surface area (Å²) in [4.78, 5) is 10.9. The molecule has 2 aliphatic heterocycles. The molecule has 4 heteroatoms. The molecule has 1 aromatic rings. The zero-order valence-electron chi connectivity index (χ0n) is 10.1. The quantitative estimate of drug-likeness (QED) is 0.788. The predicted octanol–water partition coefficient (Wildman–Crippen LogP) is 2.84. The molecule has 0 amide bonds. The highest BCUT2D eigenvalue weighted by atomic mass is 79.9. The van der Waals surface area contributed by atoms with E-state index in [1.807, 2.05) is 0 Å². The molecule has 3 rings (SSSR count). The standard InChI is InChI=1S/C14H15BrO3/c15-12-11-4-2-7-17-13(11)10(5-6-16)9-3-1-8-18-14(9)12/h6H,1-5,7-8H2. The van der Waals surface area contributed by atoms with Crippen molar-refractivity contribution < 1.29 is 14.3 Å². The number of carbonyl (C=O) groups is 1. The van der Waals surface area contributed by atoms with Gasteiger partial charge in [0.05, 0.1) is 17.7 Å². The average Bonchev–Trinajstić information content (AvgIpc) is 2.43. The molecule has 1 aromatic carbocycles. The van der Waals surface area contributed by atoms with Gasteiger partial charge in [-0.05, 0) is 41.6 Å². The summed E-state index contributed by atoms with van der Waals surface area (Å²) in [5.74, 6) is 1.85. The van der Waals surface area contributed by atoms with E-state index in [0.29, 0.717) is 6.42 Å². The van der Waals surface area contributed by atoms with E-state index in [-0.39, 0.29) is 0 Å². The fourth-order valence-electron chi connectivity index (χ4n) is 2.78. The average molecular weight is 311 g/mol. The van der Waals surface area contributed by atoms with Gasteiger partial charge >= 0.3 is 0 Å². The van der Waals surface area contributed by atoms with Crippen molar-refractivity contribution in [1.82, 2.24) is 0 Å².